The molecule has 0 fully saturated rings. The van der Waals surface area contributed by atoms with E-state index in [1.807, 2.05) is 6.92 Å². The van der Waals surface area contributed by atoms with Gasteiger partial charge in [-0.05, 0) is 61.6 Å². The number of aliphatic hydroxyl groups is 1. The third-order valence-corrected chi connectivity index (χ3v) is 4.88. The third-order valence-electron chi connectivity index (χ3n) is 4.88. The lowest BCUT2D eigenvalue weighted by molar-refractivity contribution is -0.121. The van der Waals surface area contributed by atoms with Crippen LogP contribution in [0.15, 0.2) is 36.4 Å². The number of methoxy groups -OCH3 is 2. The molecule has 0 saturated carbocycles. The minimum absolute atomic E-state index is 0.0522. The Balaban J connectivity index is 0.000000330. The number of phenols is 2. The van der Waals surface area contributed by atoms with Crippen LogP contribution in [0.25, 0.3) is 0 Å². The minimum atomic E-state index is -0.535. The van der Waals surface area contributed by atoms with Crippen molar-refractivity contribution < 1.29 is 34.4 Å². The number of carbonyl (C=O) groups excluding carboxylic acids is 2. The lowest BCUT2D eigenvalue weighted by Gasteiger charge is -2.08. The van der Waals surface area contributed by atoms with Gasteiger partial charge in [0, 0.05) is 19.3 Å². The van der Waals surface area contributed by atoms with Gasteiger partial charge in [0.05, 0.1) is 20.3 Å². The molecule has 32 heavy (non-hydrogen) atoms. The number of ether oxygens (including phenoxy) is 2. The molecule has 0 aliphatic carbocycles. The Morgan fingerprint density at radius 3 is 1.75 bits per heavy atom. The summed E-state index contributed by atoms with van der Waals surface area (Å²) >= 11 is 0. The van der Waals surface area contributed by atoms with Crippen LogP contribution < -0.4 is 9.47 Å². The number of aliphatic hydroxyl groups excluding tert-OH is 1. The van der Waals surface area contributed by atoms with Crippen LogP contribution in [0.1, 0.15) is 50.7 Å². The van der Waals surface area contributed by atoms with Gasteiger partial charge in [-0.25, -0.2) is 0 Å². The van der Waals surface area contributed by atoms with E-state index in [1.165, 1.54) is 14.2 Å². The molecule has 3 N–H and O–H groups in total. The van der Waals surface area contributed by atoms with Gasteiger partial charge in [-0.3, -0.25) is 4.79 Å². The number of aryl methyl sites for hydroxylation is 2. The first-order valence-corrected chi connectivity index (χ1v) is 10.6. The van der Waals surface area contributed by atoms with E-state index in [0.717, 1.165) is 11.1 Å². The molecule has 176 valence electrons. The number of phenolic OH excluding ortho intramolecular Hbond substituents is 2. The molecule has 2 aromatic rings. The Hall–Kier alpha value is -3.06. The number of benzene rings is 2. The first-order chi connectivity index (χ1) is 15.2. The Labute approximate surface area is 189 Å². The van der Waals surface area contributed by atoms with Crippen LogP contribution in [0.2, 0.25) is 0 Å². The maximum Gasteiger partial charge on any atom is 0.160 e. The summed E-state index contributed by atoms with van der Waals surface area (Å²) in [5.41, 5.74) is 1.93. The third kappa shape index (κ3) is 9.83. The van der Waals surface area contributed by atoms with E-state index in [2.05, 4.69) is 0 Å². The predicted octanol–water partition coefficient (Wildman–Crippen LogP) is 3.99. The largest absolute Gasteiger partial charge is 0.504 e. The molecular formula is C25H34O7. The Bertz CT molecular complexity index is 877. The Kier molecular flexibility index (Phi) is 11.9. The van der Waals surface area contributed by atoms with Crippen LogP contribution in [0.3, 0.4) is 0 Å². The molecule has 2 rings (SSSR count). The fourth-order valence-electron chi connectivity index (χ4n) is 2.87. The Morgan fingerprint density at radius 1 is 0.875 bits per heavy atom. The average Bonchev–Trinajstić information content (AvgIpc) is 2.78. The number of Topliss-reactive ketones (excluding diaryl/α,β-unsaturated/α-hetero) is 2. The van der Waals surface area contributed by atoms with E-state index in [-0.39, 0.29) is 29.5 Å². The van der Waals surface area contributed by atoms with Crippen molar-refractivity contribution in [3.63, 3.8) is 0 Å². The molecular weight excluding hydrogens is 412 g/mol. The van der Waals surface area contributed by atoms with Crippen molar-refractivity contribution in [3.8, 4) is 23.0 Å². The number of rotatable bonds is 11. The van der Waals surface area contributed by atoms with Gasteiger partial charge in [0.15, 0.2) is 23.0 Å². The van der Waals surface area contributed by atoms with Crippen LogP contribution >= 0.6 is 0 Å². The molecule has 0 heterocycles. The topological polar surface area (TPSA) is 113 Å². The summed E-state index contributed by atoms with van der Waals surface area (Å²) in [4.78, 5) is 22.3. The molecule has 0 aromatic heterocycles. The molecule has 2 aromatic carbocycles. The standard InChI is InChI=1S/C14H20O4.C11H14O3/c1-3-11(15)9-12(16)6-4-10-5-7-13(17)14(8-10)18-2;1-8(12)3-4-9-5-6-10(13)11(7-9)14-2/h5,7-8,11,15,17H,3-4,6,9H2,1-2H3;5-7,13H,3-4H2,1-2H3. The van der Waals surface area contributed by atoms with Gasteiger partial charge in [0.2, 0.25) is 0 Å². The first-order valence-electron chi connectivity index (χ1n) is 10.6. The smallest absolute Gasteiger partial charge is 0.160 e. The number of hydrogen-bond acceptors (Lipinski definition) is 7. The minimum Gasteiger partial charge on any atom is -0.504 e. The molecule has 0 saturated heterocycles. The summed E-state index contributed by atoms with van der Waals surface area (Å²) < 4.78 is 9.96. The van der Waals surface area contributed by atoms with Crippen molar-refractivity contribution in [3.05, 3.63) is 47.5 Å². The highest BCUT2D eigenvalue weighted by molar-refractivity contribution is 5.79. The molecule has 1 atom stereocenters. The normalized spacial score (nSPS) is 11.2. The van der Waals surface area contributed by atoms with Crippen LogP contribution in [-0.4, -0.2) is 47.2 Å². The van der Waals surface area contributed by atoms with Crippen molar-refractivity contribution in [1.29, 1.82) is 0 Å². The van der Waals surface area contributed by atoms with E-state index in [0.29, 0.717) is 43.6 Å². The van der Waals surface area contributed by atoms with E-state index in [9.17, 15) is 24.9 Å². The van der Waals surface area contributed by atoms with Gasteiger partial charge in [-0.1, -0.05) is 19.1 Å². The van der Waals surface area contributed by atoms with Gasteiger partial charge in [-0.15, -0.1) is 0 Å². The zero-order chi connectivity index (χ0) is 24.1. The van der Waals surface area contributed by atoms with E-state index < -0.39 is 6.10 Å². The monoisotopic (exact) mass is 446 g/mol. The van der Waals surface area contributed by atoms with E-state index in [4.69, 9.17) is 9.47 Å². The summed E-state index contributed by atoms with van der Waals surface area (Å²) in [5.74, 6) is 1.29. The second kappa shape index (κ2) is 14.1. The molecule has 0 radical (unpaired) electrons. The van der Waals surface area contributed by atoms with Crippen molar-refractivity contribution in [2.75, 3.05) is 14.2 Å². The molecule has 0 aliphatic rings. The van der Waals surface area contributed by atoms with Gasteiger partial charge in [-0.2, -0.15) is 0 Å². The van der Waals surface area contributed by atoms with Crippen LogP contribution in [0, 0.1) is 0 Å². The van der Waals surface area contributed by atoms with Gasteiger partial charge in [0.1, 0.15) is 11.6 Å². The molecule has 0 aliphatic heterocycles. The second-order valence-electron chi connectivity index (χ2n) is 7.52. The fourth-order valence-corrected chi connectivity index (χ4v) is 2.87. The molecule has 0 spiro atoms. The van der Waals surface area contributed by atoms with E-state index >= 15 is 0 Å². The van der Waals surface area contributed by atoms with Gasteiger partial charge in [0.25, 0.3) is 0 Å². The van der Waals surface area contributed by atoms with Gasteiger partial charge < -0.3 is 29.6 Å². The van der Waals surface area contributed by atoms with Crippen molar-refractivity contribution in [1.82, 2.24) is 0 Å². The van der Waals surface area contributed by atoms with Crippen LogP contribution in [-0.2, 0) is 22.4 Å². The Morgan fingerprint density at radius 2 is 1.34 bits per heavy atom. The number of aromatic hydroxyl groups is 2. The van der Waals surface area contributed by atoms with Crippen molar-refractivity contribution in [2.24, 2.45) is 0 Å². The van der Waals surface area contributed by atoms with Crippen molar-refractivity contribution in [2.45, 2.75) is 58.5 Å². The number of ketones is 2. The number of hydrogen-bond donors (Lipinski definition) is 3. The highest BCUT2D eigenvalue weighted by Crippen LogP contribution is 2.27. The summed E-state index contributed by atoms with van der Waals surface area (Å²) in [6.07, 6.45) is 2.47. The zero-order valence-corrected chi connectivity index (χ0v) is 19.3. The summed E-state index contributed by atoms with van der Waals surface area (Å²) in [5, 5.41) is 28.1. The van der Waals surface area contributed by atoms with Crippen molar-refractivity contribution >= 4 is 11.6 Å². The van der Waals surface area contributed by atoms with Crippen LogP contribution in [0.5, 0.6) is 23.0 Å². The average molecular weight is 447 g/mol. The first kappa shape index (κ1) is 27.0. The van der Waals surface area contributed by atoms with E-state index in [1.54, 1.807) is 43.3 Å². The molecule has 1 unspecified atom stereocenters. The quantitative estimate of drug-likeness (QED) is 0.478. The lowest BCUT2D eigenvalue weighted by Crippen LogP contribution is -2.12. The second-order valence-corrected chi connectivity index (χ2v) is 7.52. The summed E-state index contributed by atoms with van der Waals surface area (Å²) in [6.45, 7) is 3.42. The number of carbonyl (C=O) groups is 2. The maximum atomic E-state index is 11.6. The molecule has 7 heteroatoms. The summed E-state index contributed by atoms with van der Waals surface area (Å²) in [7, 11) is 2.99. The summed E-state index contributed by atoms with van der Waals surface area (Å²) in [6, 6.07) is 10.2. The fraction of sp³-hybridized carbons (Fsp3) is 0.440. The highest BCUT2D eigenvalue weighted by Gasteiger charge is 2.10. The molecule has 0 bridgehead atoms. The molecule has 7 nitrogen and oxygen atoms in total. The maximum absolute atomic E-state index is 11.6. The zero-order valence-electron chi connectivity index (χ0n) is 19.3. The van der Waals surface area contributed by atoms with Gasteiger partial charge >= 0.3 is 0 Å². The SMILES string of the molecule is CCC(O)CC(=O)CCc1ccc(O)c(OC)c1.COc1cc(CCC(C)=O)ccc1O. The molecule has 0 amide bonds. The predicted molar refractivity (Wildman–Crippen MR) is 123 cm³/mol. The lowest BCUT2D eigenvalue weighted by atomic mass is 10.0. The highest BCUT2D eigenvalue weighted by atomic mass is 16.5. The van der Waals surface area contributed by atoms with Crippen LogP contribution in [0.4, 0.5) is 0 Å².